The maximum Gasteiger partial charge on any atom is 0.193 e. The predicted octanol–water partition coefficient (Wildman–Crippen LogP) is 3.21. The Labute approximate surface area is 157 Å². The van der Waals surface area contributed by atoms with Crippen LogP contribution in [0.5, 0.6) is 0 Å². The predicted molar refractivity (Wildman–Crippen MR) is 109 cm³/mol. The molecular weight excluding hydrogens is 429 g/mol. The summed E-state index contributed by atoms with van der Waals surface area (Å²) < 4.78 is 2.04. The van der Waals surface area contributed by atoms with Crippen molar-refractivity contribution in [2.24, 2.45) is 4.99 Å². The van der Waals surface area contributed by atoms with Gasteiger partial charge in [-0.1, -0.05) is 0 Å². The number of aromatic nitrogens is 2. The first kappa shape index (κ1) is 19.6. The monoisotopic (exact) mass is 453 g/mol. The number of thiazole rings is 1. The third-order valence-electron chi connectivity index (χ3n) is 2.95. The number of rotatable bonds is 8. The van der Waals surface area contributed by atoms with Gasteiger partial charge in [0.15, 0.2) is 10.9 Å². The van der Waals surface area contributed by atoms with Gasteiger partial charge in [0.25, 0.3) is 0 Å². The lowest BCUT2D eigenvalue weighted by molar-refractivity contribution is 0.734. The Morgan fingerprint density at radius 1 is 1.41 bits per heavy atom. The van der Waals surface area contributed by atoms with E-state index in [1.54, 1.807) is 11.3 Å². The molecule has 5 nitrogen and oxygen atoms in total. The topological polar surface area (TPSA) is 53.7 Å². The average molecular weight is 453 g/mol. The molecule has 0 aliphatic rings. The molecule has 0 spiro atoms. The SMILES string of the molecule is CCNC(=NCc1cn2ccsc2n1)NCCCCSC.I. The highest BCUT2D eigenvalue weighted by Crippen LogP contribution is 2.11. The number of hydrogen-bond donors (Lipinski definition) is 2. The van der Waals surface area contributed by atoms with Gasteiger partial charge in [0.05, 0.1) is 12.2 Å². The number of guanidine groups is 1. The molecule has 0 atom stereocenters. The van der Waals surface area contributed by atoms with Crippen LogP contribution in [0.15, 0.2) is 22.8 Å². The fourth-order valence-electron chi connectivity index (χ4n) is 1.93. The summed E-state index contributed by atoms with van der Waals surface area (Å²) in [6, 6.07) is 0. The Morgan fingerprint density at radius 2 is 2.27 bits per heavy atom. The third-order valence-corrected chi connectivity index (χ3v) is 4.42. The summed E-state index contributed by atoms with van der Waals surface area (Å²) in [5, 5.41) is 8.69. The van der Waals surface area contributed by atoms with Gasteiger partial charge in [0, 0.05) is 30.9 Å². The zero-order chi connectivity index (χ0) is 14.9. The fraction of sp³-hybridized carbons (Fsp3) is 0.571. The molecule has 0 saturated heterocycles. The number of aliphatic imine (C=N–C) groups is 1. The molecule has 0 radical (unpaired) electrons. The number of hydrogen-bond acceptors (Lipinski definition) is 4. The summed E-state index contributed by atoms with van der Waals surface area (Å²) in [5.74, 6) is 2.10. The second-order valence-corrected chi connectivity index (χ2v) is 6.51. The van der Waals surface area contributed by atoms with Gasteiger partial charge in [-0.3, -0.25) is 4.40 Å². The Bertz CT molecular complexity index is 538. The van der Waals surface area contributed by atoms with Crippen molar-refractivity contribution in [1.29, 1.82) is 0 Å². The van der Waals surface area contributed by atoms with Gasteiger partial charge >= 0.3 is 0 Å². The van der Waals surface area contributed by atoms with Crippen LogP contribution in [0.1, 0.15) is 25.5 Å². The summed E-state index contributed by atoms with van der Waals surface area (Å²) in [4.78, 5) is 10.2. The van der Waals surface area contributed by atoms with E-state index in [0.717, 1.165) is 29.7 Å². The maximum atomic E-state index is 4.59. The van der Waals surface area contributed by atoms with Gasteiger partial charge in [-0.25, -0.2) is 9.98 Å². The minimum Gasteiger partial charge on any atom is -0.357 e. The van der Waals surface area contributed by atoms with Crippen LogP contribution < -0.4 is 10.6 Å². The zero-order valence-corrected chi connectivity index (χ0v) is 17.0. The maximum absolute atomic E-state index is 4.59. The van der Waals surface area contributed by atoms with E-state index in [0.29, 0.717) is 6.54 Å². The van der Waals surface area contributed by atoms with Gasteiger partial charge in [-0.2, -0.15) is 11.8 Å². The molecule has 0 aliphatic carbocycles. The molecule has 0 aromatic carbocycles. The van der Waals surface area contributed by atoms with Crippen LogP contribution in [-0.2, 0) is 6.54 Å². The molecule has 0 amide bonds. The number of halogens is 1. The number of thioether (sulfide) groups is 1. The minimum absolute atomic E-state index is 0. The van der Waals surface area contributed by atoms with Crippen LogP contribution in [0.2, 0.25) is 0 Å². The summed E-state index contributed by atoms with van der Waals surface area (Å²) in [6.45, 7) is 4.52. The molecule has 2 rings (SSSR count). The van der Waals surface area contributed by atoms with Crippen molar-refractivity contribution in [2.75, 3.05) is 25.1 Å². The molecule has 2 aromatic heterocycles. The van der Waals surface area contributed by atoms with E-state index in [1.807, 2.05) is 33.9 Å². The van der Waals surface area contributed by atoms with Crippen LogP contribution in [0.4, 0.5) is 0 Å². The molecule has 2 aromatic rings. The molecule has 0 bridgehead atoms. The highest BCUT2D eigenvalue weighted by Gasteiger charge is 2.02. The van der Waals surface area contributed by atoms with E-state index < -0.39 is 0 Å². The van der Waals surface area contributed by atoms with Gasteiger partial charge in [0.1, 0.15) is 0 Å². The van der Waals surface area contributed by atoms with Crippen LogP contribution in [0, 0.1) is 0 Å². The summed E-state index contributed by atoms with van der Waals surface area (Å²) >= 11 is 3.54. The quantitative estimate of drug-likeness (QED) is 0.279. The average Bonchev–Trinajstić information content (AvgIpc) is 3.05. The lowest BCUT2D eigenvalue weighted by atomic mass is 10.3. The van der Waals surface area contributed by atoms with E-state index >= 15 is 0 Å². The highest BCUT2D eigenvalue weighted by molar-refractivity contribution is 14.0. The Kier molecular flexibility index (Phi) is 9.89. The standard InChI is InChI=1S/C14H23N5S2.HI/c1-3-15-13(16-6-4-5-8-20-2)17-10-12-11-19-7-9-21-14(19)18-12;/h7,9,11H,3-6,8,10H2,1-2H3,(H2,15,16,17);1H. The Balaban J connectivity index is 0.00000242. The molecule has 124 valence electrons. The first-order chi connectivity index (χ1) is 10.3. The highest BCUT2D eigenvalue weighted by atomic mass is 127. The molecular formula is C14H24IN5S2. The number of nitrogens with one attached hydrogen (secondary N) is 2. The lowest BCUT2D eigenvalue weighted by Crippen LogP contribution is -2.37. The van der Waals surface area contributed by atoms with Crippen molar-refractivity contribution < 1.29 is 0 Å². The Morgan fingerprint density at radius 3 is 3.00 bits per heavy atom. The third kappa shape index (κ3) is 6.33. The molecule has 0 saturated carbocycles. The minimum atomic E-state index is 0. The molecule has 0 unspecified atom stereocenters. The number of fused-ring (bicyclic) bond motifs is 1. The lowest BCUT2D eigenvalue weighted by Gasteiger charge is -2.10. The number of imidazole rings is 1. The molecule has 2 N–H and O–H groups in total. The second-order valence-electron chi connectivity index (χ2n) is 4.65. The van der Waals surface area contributed by atoms with Crippen molar-refractivity contribution in [3.63, 3.8) is 0 Å². The van der Waals surface area contributed by atoms with Gasteiger partial charge in [-0.05, 0) is 31.8 Å². The van der Waals surface area contributed by atoms with Crippen LogP contribution in [0.25, 0.3) is 4.96 Å². The molecule has 0 fully saturated rings. The van der Waals surface area contributed by atoms with Crippen LogP contribution in [0.3, 0.4) is 0 Å². The fourth-order valence-corrected chi connectivity index (χ4v) is 3.14. The normalized spacial score (nSPS) is 11.5. The zero-order valence-electron chi connectivity index (χ0n) is 13.0. The van der Waals surface area contributed by atoms with E-state index in [1.165, 1.54) is 18.6 Å². The van der Waals surface area contributed by atoms with E-state index in [-0.39, 0.29) is 24.0 Å². The summed E-state index contributed by atoms with van der Waals surface area (Å²) in [5.41, 5.74) is 1.00. The van der Waals surface area contributed by atoms with Crippen molar-refractivity contribution in [1.82, 2.24) is 20.0 Å². The summed E-state index contributed by atoms with van der Waals surface area (Å²) in [7, 11) is 0. The van der Waals surface area contributed by atoms with Crippen molar-refractivity contribution in [2.45, 2.75) is 26.3 Å². The van der Waals surface area contributed by atoms with E-state index in [4.69, 9.17) is 0 Å². The van der Waals surface area contributed by atoms with Crippen LogP contribution >= 0.6 is 47.1 Å². The summed E-state index contributed by atoms with van der Waals surface area (Å²) in [6.07, 6.45) is 8.62. The van der Waals surface area contributed by atoms with Crippen molar-refractivity contribution >= 4 is 58.0 Å². The molecule has 2 heterocycles. The smallest absolute Gasteiger partial charge is 0.193 e. The number of unbranched alkanes of at least 4 members (excludes halogenated alkanes) is 1. The van der Waals surface area contributed by atoms with E-state index in [9.17, 15) is 0 Å². The van der Waals surface area contributed by atoms with Crippen LogP contribution in [-0.4, -0.2) is 40.4 Å². The largest absolute Gasteiger partial charge is 0.357 e. The first-order valence-corrected chi connectivity index (χ1v) is 9.53. The second kappa shape index (κ2) is 11.1. The van der Waals surface area contributed by atoms with Gasteiger partial charge < -0.3 is 10.6 Å². The Hall–Kier alpha value is -0.480. The van der Waals surface area contributed by atoms with Crippen molar-refractivity contribution in [3.8, 4) is 0 Å². The van der Waals surface area contributed by atoms with Gasteiger partial charge in [-0.15, -0.1) is 35.3 Å². The molecule has 0 aliphatic heterocycles. The molecule has 8 heteroatoms. The van der Waals surface area contributed by atoms with Gasteiger partial charge in [0.2, 0.25) is 0 Å². The molecule has 22 heavy (non-hydrogen) atoms. The van der Waals surface area contributed by atoms with E-state index in [2.05, 4.69) is 33.8 Å². The van der Waals surface area contributed by atoms with Crippen molar-refractivity contribution in [3.05, 3.63) is 23.5 Å². The number of nitrogens with zero attached hydrogens (tertiary/aromatic N) is 3. The first-order valence-electron chi connectivity index (χ1n) is 7.25.